The fraction of sp³-hybridized carbons (Fsp3) is 0.182. The third-order valence-corrected chi connectivity index (χ3v) is 3.14. The number of nitro groups is 1. The lowest BCUT2D eigenvalue weighted by Gasteiger charge is -2.01. The van der Waals surface area contributed by atoms with Gasteiger partial charge in [-0.25, -0.2) is 0 Å². The molecule has 104 valence electrons. The van der Waals surface area contributed by atoms with E-state index in [4.69, 9.17) is 0 Å². The highest BCUT2D eigenvalue weighted by Gasteiger charge is 2.14. The quantitative estimate of drug-likeness (QED) is 0.645. The van der Waals surface area contributed by atoms with Crippen LogP contribution in [0.25, 0.3) is 0 Å². The maximum atomic E-state index is 11.9. The Balaban J connectivity index is 2.10. The zero-order chi connectivity index (χ0) is 14.5. The average Bonchev–Trinajstić information content (AvgIpc) is 2.88. The second-order valence-corrected chi connectivity index (χ2v) is 4.68. The molecule has 2 N–H and O–H groups in total. The average molecular weight is 293 g/mol. The van der Waals surface area contributed by atoms with Crippen LogP contribution in [0, 0.1) is 10.1 Å². The number of benzene rings is 1. The monoisotopic (exact) mass is 293 g/mol. The molecule has 1 aromatic heterocycles. The number of carbonyl (C=O) groups is 1. The van der Waals surface area contributed by atoms with Crippen molar-refractivity contribution in [3.63, 3.8) is 0 Å². The second kappa shape index (κ2) is 6.06. The SMILES string of the molecule is CCNc1nnc(C(=O)Nc2cccc([N+](=O)[O-])c2)s1. The maximum absolute atomic E-state index is 11.9. The second-order valence-electron chi connectivity index (χ2n) is 3.70. The molecule has 0 aliphatic rings. The van der Waals surface area contributed by atoms with Crippen molar-refractivity contribution in [3.8, 4) is 0 Å². The van der Waals surface area contributed by atoms with Crippen LogP contribution >= 0.6 is 11.3 Å². The van der Waals surface area contributed by atoms with Crippen molar-refractivity contribution in [1.82, 2.24) is 10.2 Å². The number of hydrogen-bond donors (Lipinski definition) is 2. The number of nitro benzene ring substituents is 1. The van der Waals surface area contributed by atoms with Crippen LogP contribution in [0.4, 0.5) is 16.5 Å². The molecule has 0 aliphatic heterocycles. The summed E-state index contributed by atoms with van der Waals surface area (Å²) in [6.07, 6.45) is 0. The molecule has 2 rings (SSSR count). The first-order valence-electron chi connectivity index (χ1n) is 5.73. The standard InChI is InChI=1S/C11H11N5O3S/c1-2-12-11-15-14-10(20-11)9(17)13-7-4-3-5-8(6-7)16(18)19/h3-6H,2H2,1H3,(H,12,15)(H,13,17). The number of amides is 1. The van der Waals surface area contributed by atoms with Crippen LogP contribution in [0.1, 0.15) is 16.7 Å². The van der Waals surface area contributed by atoms with E-state index in [1.165, 1.54) is 18.2 Å². The molecule has 0 bridgehead atoms. The van der Waals surface area contributed by atoms with Gasteiger partial charge in [0.05, 0.1) is 4.92 Å². The van der Waals surface area contributed by atoms with Crippen molar-refractivity contribution in [1.29, 1.82) is 0 Å². The van der Waals surface area contributed by atoms with Crippen LogP contribution in [0.15, 0.2) is 24.3 Å². The predicted octanol–water partition coefficient (Wildman–Crippen LogP) is 2.13. The molecular formula is C11H11N5O3S. The molecule has 1 aromatic carbocycles. The number of hydrogen-bond acceptors (Lipinski definition) is 7. The molecule has 20 heavy (non-hydrogen) atoms. The van der Waals surface area contributed by atoms with Gasteiger partial charge in [-0.3, -0.25) is 14.9 Å². The lowest BCUT2D eigenvalue weighted by atomic mass is 10.3. The minimum atomic E-state index is -0.524. The smallest absolute Gasteiger partial charge is 0.286 e. The lowest BCUT2D eigenvalue weighted by Crippen LogP contribution is -2.11. The molecule has 0 saturated carbocycles. The minimum Gasteiger partial charge on any atom is -0.360 e. The van der Waals surface area contributed by atoms with Gasteiger partial charge < -0.3 is 10.6 Å². The van der Waals surface area contributed by atoms with Crippen LogP contribution in [0.2, 0.25) is 0 Å². The van der Waals surface area contributed by atoms with Crippen molar-refractivity contribution in [2.45, 2.75) is 6.92 Å². The maximum Gasteiger partial charge on any atom is 0.286 e. The Morgan fingerprint density at radius 1 is 1.45 bits per heavy atom. The highest BCUT2D eigenvalue weighted by molar-refractivity contribution is 7.17. The van der Waals surface area contributed by atoms with Gasteiger partial charge in [-0.2, -0.15) is 0 Å². The van der Waals surface area contributed by atoms with E-state index in [0.29, 0.717) is 17.4 Å². The van der Waals surface area contributed by atoms with Crippen LogP contribution < -0.4 is 10.6 Å². The fourth-order valence-electron chi connectivity index (χ4n) is 1.42. The largest absolute Gasteiger partial charge is 0.360 e. The summed E-state index contributed by atoms with van der Waals surface area (Å²) in [5, 5.41) is 24.4. The van der Waals surface area contributed by atoms with Crippen molar-refractivity contribution in [2.75, 3.05) is 17.2 Å². The molecule has 8 nitrogen and oxygen atoms in total. The van der Waals surface area contributed by atoms with Crippen LogP contribution in [-0.4, -0.2) is 27.6 Å². The molecule has 0 fully saturated rings. The van der Waals surface area contributed by atoms with Crippen LogP contribution in [0.5, 0.6) is 0 Å². The molecule has 1 amide bonds. The van der Waals surface area contributed by atoms with Crippen LogP contribution in [0.3, 0.4) is 0 Å². The number of non-ortho nitro benzene ring substituents is 1. The third kappa shape index (κ3) is 3.26. The molecule has 0 saturated heterocycles. The minimum absolute atomic E-state index is 0.0894. The summed E-state index contributed by atoms with van der Waals surface area (Å²) in [6.45, 7) is 2.59. The summed E-state index contributed by atoms with van der Waals surface area (Å²) in [7, 11) is 0. The highest BCUT2D eigenvalue weighted by atomic mass is 32.1. The molecule has 9 heteroatoms. The van der Waals surface area contributed by atoms with E-state index in [1.807, 2.05) is 6.92 Å². The summed E-state index contributed by atoms with van der Waals surface area (Å²) in [5.41, 5.74) is 0.248. The summed E-state index contributed by atoms with van der Waals surface area (Å²) in [5.74, 6) is -0.452. The normalized spacial score (nSPS) is 10.1. The highest BCUT2D eigenvalue weighted by Crippen LogP contribution is 2.19. The Hall–Kier alpha value is -2.55. The lowest BCUT2D eigenvalue weighted by molar-refractivity contribution is -0.384. The van der Waals surface area contributed by atoms with E-state index >= 15 is 0 Å². The van der Waals surface area contributed by atoms with E-state index in [-0.39, 0.29) is 10.7 Å². The molecule has 0 unspecified atom stereocenters. The number of nitrogens with zero attached hydrogens (tertiary/aromatic N) is 3. The van der Waals surface area contributed by atoms with E-state index < -0.39 is 10.8 Å². The van der Waals surface area contributed by atoms with Crippen molar-refractivity contribution < 1.29 is 9.72 Å². The zero-order valence-electron chi connectivity index (χ0n) is 10.5. The Morgan fingerprint density at radius 3 is 2.95 bits per heavy atom. The van der Waals surface area contributed by atoms with Gasteiger partial charge in [-0.15, -0.1) is 10.2 Å². The molecule has 0 aliphatic carbocycles. The Morgan fingerprint density at radius 2 is 2.25 bits per heavy atom. The number of aromatic nitrogens is 2. The summed E-state index contributed by atoms with van der Waals surface area (Å²) in [6, 6.07) is 5.70. The summed E-state index contributed by atoms with van der Waals surface area (Å²) < 4.78 is 0. The van der Waals surface area contributed by atoms with Gasteiger partial charge in [0.15, 0.2) is 0 Å². The van der Waals surface area contributed by atoms with E-state index in [1.54, 1.807) is 6.07 Å². The topological polar surface area (TPSA) is 110 Å². The molecule has 2 aromatic rings. The Labute approximate surface area is 118 Å². The van der Waals surface area contributed by atoms with E-state index in [9.17, 15) is 14.9 Å². The number of anilines is 2. The Kier molecular flexibility index (Phi) is 4.20. The van der Waals surface area contributed by atoms with Gasteiger partial charge >= 0.3 is 0 Å². The van der Waals surface area contributed by atoms with Gasteiger partial charge in [0.2, 0.25) is 10.1 Å². The molecule has 0 atom stereocenters. The third-order valence-electron chi connectivity index (χ3n) is 2.26. The first-order chi connectivity index (χ1) is 9.60. The van der Waals surface area contributed by atoms with Gasteiger partial charge in [0, 0.05) is 24.4 Å². The van der Waals surface area contributed by atoms with E-state index in [0.717, 1.165) is 11.3 Å². The van der Waals surface area contributed by atoms with Gasteiger partial charge in [-0.05, 0) is 13.0 Å². The van der Waals surface area contributed by atoms with Crippen LogP contribution in [-0.2, 0) is 0 Å². The summed E-state index contributed by atoms with van der Waals surface area (Å²) in [4.78, 5) is 22.0. The van der Waals surface area contributed by atoms with Crippen molar-refractivity contribution in [2.24, 2.45) is 0 Å². The fourth-order valence-corrected chi connectivity index (χ4v) is 2.13. The predicted molar refractivity (Wildman–Crippen MR) is 75.1 cm³/mol. The van der Waals surface area contributed by atoms with Gasteiger partial charge in [0.25, 0.3) is 11.6 Å². The molecular weight excluding hydrogens is 282 g/mol. The first-order valence-corrected chi connectivity index (χ1v) is 6.55. The van der Waals surface area contributed by atoms with Gasteiger partial charge in [0.1, 0.15) is 0 Å². The number of rotatable bonds is 5. The van der Waals surface area contributed by atoms with E-state index in [2.05, 4.69) is 20.8 Å². The number of nitrogens with one attached hydrogen (secondary N) is 2. The molecule has 1 heterocycles. The number of carbonyl (C=O) groups excluding carboxylic acids is 1. The first kappa shape index (κ1) is 13.9. The summed E-state index contributed by atoms with van der Waals surface area (Å²) >= 11 is 1.12. The molecule has 0 radical (unpaired) electrons. The Bertz CT molecular complexity index is 642. The van der Waals surface area contributed by atoms with Gasteiger partial charge in [-0.1, -0.05) is 17.4 Å². The van der Waals surface area contributed by atoms with Crippen molar-refractivity contribution >= 4 is 33.8 Å². The molecule has 0 spiro atoms. The van der Waals surface area contributed by atoms with Crippen molar-refractivity contribution in [3.05, 3.63) is 39.4 Å². The zero-order valence-corrected chi connectivity index (χ0v) is 11.3.